The van der Waals surface area contributed by atoms with Gasteiger partial charge >= 0.3 is 6.09 Å². The molecule has 37 heavy (non-hydrogen) atoms. The summed E-state index contributed by atoms with van der Waals surface area (Å²) in [6, 6.07) is -2.01. The zero-order valence-corrected chi connectivity index (χ0v) is 22.4. The number of hydrazine groups is 1. The highest BCUT2D eigenvalue weighted by Gasteiger charge is 2.30. The van der Waals surface area contributed by atoms with Crippen molar-refractivity contribution in [2.45, 2.75) is 59.5 Å². The van der Waals surface area contributed by atoms with E-state index in [0.717, 1.165) is 16.7 Å². The molecule has 0 spiro atoms. The van der Waals surface area contributed by atoms with Crippen LogP contribution >= 0.6 is 0 Å². The number of amides is 5. The summed E-state index contributed by atoms with van der Waals surface area (Å²) >= 11 is 0. The lowest BCUT2D eigenvalue weighted by atomic mass is 10.00. The molecule has 0 aromatic heterocycles. The molecule has 0 aromatic rings. The van der Waals surface area contributed by atoms with Crippen molar-refractivity contribution in [3.8, 4) is 0 Å². The minimum atomic E-state index is -1.03. The van der Waals surface area contributed by atoms with E-state index in [1.807, 2.05) is 13.8 Å². The summed E-state index contributed by atoms with van der Waals surface area (Å²) in [6.07, 6.45) is 7.14. The maximum atomic E-state index is 13.1. The number of nitrogens with zero attached hydrogens (tertiary/aromatic N) is 1. The Labute approximate surface area is 219 Å². The smallest absolute Gasteiger partial charge is 0.408 e. The molecule has 0 fully saturated rings. The molecule has 206 valence electrons. The van der Waals surface area contributed by atoms with Gasteiger partial charge in [0.25, 0.3) is 11.8 Å². The van der Waals surface area contributed by atoms with E-state index >= 15 is 0 Å². The first-order valence-corrected chi connectivity index (χ1v) is 12.0. The van der Waals surface area contributed by atoms with Crippen LogP contribution in [0.15, 0.2) is 49.1 Å². The van der Waals surface area contributed by atoms with Crippen LogP contribution in [0.25, 0.3) is 0 Å². The number of hydrogen-bond donors (Lipinski definition) is 4. The van der Waals surface area contributed by atoms with Gasteiger partial charge in [-0.1, -0.05) is 65.2 Å². The largest absolute Gasteiger partial charge is 0.445 e. The summed E-state index contributed by atoms with van der Waals surface area (Å²) in [4.78, 5) is 61.6. The van der Waals surface area contributed by atoms with Crippen LogP contribution in [0.5, 0.6) is 0 Å². The first-order valence-electron chi connectivity index (χ1n) is 12.0. The molecule has 5 amide bonds. The van der Waals surface area contributed by atoms with Crippen molar-refractivity contribution in [3.63, 3.8) is 0 Å². The van der Waals surface area contributed by atoms with Gasteiger partial charge in [0.2, 0.25) is 11.8 Å². The molecule has 11 nitrogen and oxygen atoms in total. The average Bonchev–Trinajstić information content (AvgIpc) is 2.82. The second kappa shape index (κ2) is 17.5. The third kappa shape index (κ3) is 14.3. The van der Waals surface area contributed by atoms with Crippen molar-refractivity contribution in [3.05, 3.63) is 49.1 Å². The predicted molar refractivity (Wildman–Crippen MR) is 141 cm³/mol. The Morgan fingerprint density at radius 1 is 1.00 bits per heavy atom. The monoisotopic (exact) mass is 519 g/mol. The second-order valence-corrected chi connectivity index (χ2v) is 9.15. The Balaban J connectivity index is 5.43. The van der Waals surface area contributed by atoms with E-state index < -0.39 is 41.8 Å². The Bertz CT molecular complexity index is 894. The molecule has 0 aromatic carbocycles. The summed E-state index contributed by atoms with van der Waals surface area (Å²) in [7, 11) is 0. The zero-order valence-electron chi connectivity index (χ0n) is 22.4. The quantitative estimate of drug-likeness (QED) is 0.147. The molecule has 0 aliphatic carbocycles. The highest BCUT2D eigenvalue weighted by Crippen LogP contribution is 2.09. The summed E-state index contributed by atoms with van der Waals surface area (Å²) < 4.78 is 5.19. The molecule has 0 bridgehead atoms. The summed E-state index contributed by atoms with van der Waals surface area (Å²) in [6.45, 7) is 15.8. The fourth-order valence-electron chi connectivity index (χ4n) is 2.96. The van der Waals surface area contributed by atoms with Crippen LogP contribution in [0.2, 0.25) is 0 Å². The van der Waals surface area contributed by atoms with Gasteiger partial charge in [0.05, 0.1) is 6.54 Å². The molecule has 0 rings (SSSR count). The number of rotatable bonds is 15. The van der Waals surface area contributed by atoms with Gasteiger partial charge in [-0.05, 0) is 36.8 Å². The number of allylic oxidation sites excluding steroid dienone is 4. The Morgan fingerprint density at radius 2 is 1.65 bits per heavy atom. The number of hydrogen-bond acceptors (Lipinski definition) is 6. The summed E-state index contributed by atoms with van der Waals surface area (Å²) in [5, 5.41) is 6.11. The van der Waals surface area contributed by atoms with E-state index in [-0.39, 0.29) is 37.8 Å². The number of carbonyl (C=O) groups is 5. The maximum absolute atomic E-state index is 13.1. The second-order valence-electron chi connectivity index (χ2n) is 9.15. The Hall–Kier alpha value is -3.89. The number of carbonyl (C=O) groups excluding carboxylic acids is 5. The van der Waals surface area contributed by atoms with Gasteiger partial charge in [0.1, 0.15) is 18.7 Å². The molecule has 0 radical (unpaired) electrons. The van der Waals surface area contributed by atoms with Gasteiger partial charge < -0.3 is 21.1 Å². The molecule has 0 aliphatic rings. The van der Waals surface area contributed by atoms with Crippen LogP contribution in [0.3, 0.4) is 0 Å². The van der Waals surface area contributed by atoms with E-state index in [4.69, 9.17) is 10.5 Å². The molecule has 0 unspecified atom stereocenters. The zero-order chi connectivity index (χ0) is 28.5. The number of ether oxygens (including phenoxy) is 1. The van der Waals surface area contributed by atoms with Crippen molar-refractivity contribution in [2.24, 2.45) is 17.6 Å². The highest BCUT2D eigenvalue weighted by atomic mass is 16.5. The minimum Gasteiger partial charge on any atom is -0.445 e. The van der Waals surface area contributed by atoms with E-state index in [2.05, 4.69) is 29.2 Å². The molecule has 0 aliphatic heterocycles. The highest BCUT2D eigenvalue weighted by molar-refractivity contribution is 5.93. The topological polar surface area (TPSA) is 160 Å². The van der Waals surface area contributed by atoms with Gasteiger partial charge in [-0.15, -0.1) is 0 Å². The van der Waals surface area contributed by atoms with Gasteiger partial charge in [-0.3, -0.25) is 24.6 Å². The molecule has 5 N–H and O–H groups in total. The number of primary amides is 1. The van der Waals surface area contributed by atoms with Crippen LogP contribution in [0, 0.1) is 11.8 Å². The van der Waals surface area contributed by atoms with Crippen molar-refractivity contribution in [1.82, 2.24) is 21.1 Å². The molecule has 0 saturated carbocycles. The third-order valence-electron chi connectivity index (χ3n) is 4.89. The molecular formula is C26H41N5O6. The van der Waals surface area contributed by atoms with E-state index in [0.29, 0.717) is 0 Å². The average molecular weight is 520 g/mol. The van der Waals surface area contributed by atoms with Gasteiger partial charge in [0, 0.05) is 6.42 Å². The lowest BCUT2D eigenvalue weighted by molar-refractivity contribution is -0.140. The Morgan fingerprint density at radius 3 is 2.16 bits per heavy atom. The van der Waals surface area contributed by atoms with Crippen LogP contribution in [-0.4, -0.2) is 60.0 Å². The molecule has 0 heterocycles. The van der Waals surface area contributed by atoms with Crippen molar-refractivity contribution < 1.29 is 28.7 Å². The fourth-order valence-corrected chi connectivity index (χ4v) is 2.96. The summed E-state index contributed by atoms with van der Waals surface area (Å²) in [5.74, 6) is -2.87. The number of nitrogens with one attached hydrogen (secondary N) is 3. The van der Waals surface area contributed by atoms with Crippen LogP contribution < -0.4 is 21.8 Å². The lowest BCUT2D eigenvalue weighted by Gasteiger charge is -2.28. The molecule has 2 atom stereocenters. The van der Waals surface area contributed by atoms with Gasteiger partial charge in [-0.25, -0.2) is 9.80 Å². The maximum Gasteiger partial charge on any atom is 0.408 e. The minimum absolute atomic E-state index is 0.00514. The van der Waals surface area contributed by atoms with E-state index in [1.165, 1.54) is 0 Å². The van der Waals surface area contributed by atoms with Crippen molar-refractivity contribution in [1.29, 1.82) is 0 Å². The van der Waals surface area contributed by atoms with Gasteiger partial charge in [-0.2, -0.15) is 0 Å². The standard InChI is InChI=1S/C26H41N5O6/c1-8-10-11-12-19(7)16-37-26(36)29-23(18(5)6)25(35)28-20(15-17(3)4)24(34)30-31(22(33)9-2)14-13-21(27)32/h8-12,17-18,20,23H,1-2,13-16H2,3-7H3,(H2,27,32)(H,28,35)(H,29,36)(H,30,34)/b11-10-,19-12+/t20-,23-/m0/s1. The predicted octanol–water partition coefficient (Wildman–Crippen LogP) is 1.88. The van der Waals surface area contributed by atoms with Crippen molar-refractivity contribution >= 4 is 29.7 Å². The SMILES string of the molecule is C=C/C=C\C=C(/C)COC(=O)N[C@H](C(=O)N[C@@H](CC(C)C)C(=O)NN(CCC(N)=O)C(=O)C=C)C(C)C. The first kappa shape index (κ1) is 33.1. The normalized spacial score (nSPS) is 13.0. The fraction of sp³-hybridized carbons (Fsp3) is 0.500. The molecule has 0 saturated heterocycles. The third-order valence-corrected chi connectivity index (χ3v) is 4.89. The Kier molecular flexibility index (Phi) is 15.7. The summed E-state index contributed by atoms with van der Waals surface area (Å²) in [5.41, 5.74) is 8.34. The first-order chi connectivity index (χ1) is 17.3. The van der Waals surface area contributed by atoms with Crippen molar-refractivity contribution in [2.75, 3.05) is 13.2 Å². The molecule has 11 heteroatoms. The number of nitrogens with two attached hydrogens (primary N) is 1. The van der Waals surface area contributed by atoms with Gasteiger partial charge in [0.15, 0.2) is 0 Å². The van der Waals surface area contributed by atoms with Crippen LogP contribution in [0.4, 0.5) is 4.79 Å². The lowest BCUT2D eigenvalue weighted by Crippen LogP contribution is -2.58. The molecular weight excluding hydrogens is 478 g/mol. The van der Waals surface area contributed by atoms with Crippen LogP contribution in [-0.2, 0) is 23.9 Å². The van der Waals surface area contributed by atoms with E-state index in [9.17, 15) is 24.0 Å². The van der Waals surface area contributed by atoms with E-state index in [1.54, 1.807) is 45.1 Å². The number of alkyl carbamates (subject to hydrolysis) is 1. The van der Waals surface area contributed by atoms with Crippen LogP contribution in [0.1, 0.15) is 47.5 Å².